The Balaban J connectivity index is -0.0000000720. The quantitative estimate of drug-likeness (QED) is 0.339. The minimum Gasteiger partial charge on any atom is -0.820 e. The summed E-state index contributed by atoms with van der Waals surface area (Å²) in [6.45, 7) is 0. The van der Waals surface area contributed by atoms with Gasteiger partial charge in [-0.15, -0.1) is 0 Å². The molecule has 0 amide bonds. The van der Waals surface area contributed by atoms with E-state index < -0.39 is 17.2 Å². The van der Waals surface area contributed by atoms with E-state index >= 15 is 0 Å². The van der Waals surface area contributed by atoms with Gasteiger partial charge in [0.2, 0.25) is 0 Å². The van der Waals surface area contributed by atoms with Crippen molar-refractivity contribution in [2.75, 3.05) is 0 Å². The van der Waals surface area contributed by atoms with Crippen LogP contribution in [-0.4, -0.2) is 33.7 Å². The molecule has 0 saturated heterocycles. The molecule has 0 aromatic rings. The Morgan fingerprint density at radius 1 is 0.778 bits per heavy atom. The first-order valence-electron chi connectivity index (χ1n) is 1.13. The first-order chi connectivity index (χ1) is 3.46. The molecule has 0 unspecified atom stereocenters. The zero-order chi connectivity index (χ0) is 7.15. The van der Waals surface area contributed by atoms with Gasteiger partial charge in [-0.2, -0.15) is 17.2 Å². The van der Waals surface area contributed by atoms with Crippen molar-refractivity contribution in [3.8, 4) is 0 Å². The SMILES string of the molecule is [O-]P([O-])O.[O-]P([O-])O.[Sn+4]. The Bertz CT molecular complexity index is 26.5. The smallest absolute Gasteiger partial charge is 0.820 e. The van der Waals surface area contributed by atoms with Gasteiger partial charge in [-0.3, -0.25) is 0 Å². The Morgan fingerprint density at radius 3 is 0.778 bits per heavy atom. The van der Waals surface area contributed by atoms with Crippen LogP contribution < -0.4 is 19.6 Å². The molecule has 0 aromatic heterocycles. The van der Waals surface area contributed by atoms with Crippen LogP contribution in [0.2, 0.25) is 0 Å². The van der Waals surface area contributed by atoms with Crippen LogP contribution in [-0.2, 0) is 0 Å². The van der Waals surface area contributed by atoms with E-state index in [4.69, 9.17) is 29.4 Å². The molecule has 0 fully saturated rings. The molecule has 0 rings (SSSR count). The summed E-state index contributed by atoms with van der Waals surface area (Å²) < 4.78 is 0. The predicted molar refractivity (Wildman–Crippen MR) is 24.0 cm³/mol. The molecule has 0 bridgehead atoms. The molecular weight excluding hydrogens is 277 g/mol. The third kappa shape index (κ3) is 258. The molecule has 0 atom stereocenters. The first-order valence-corrected chi connectivity index (χ1v) is 3.39. The summed E-state index contributed by atoms with van der Waals surface area (Å²) in [6, 6.07) is 0. The summed E-state index contributed by atoms with van der Waals surface area (Å²) in [4.78, 5) is 48.4. The van der Waals surface area contributed by atoms with Crippen LogP contribution in [0.1, 0.15) is 0 Å². The molecule has 6 nitrogen and oxygen atoms in total. The molecule has 0 radical (unpaired) electrons. The summed E-state index contributed by atoms with van der Waals surface area (Å²) in [6.07, 6.45) is 0. The molecule has 0 spiro atoms. The second kappa shape index (κ2) is 12.1. The second-order valence-electron chi connectivity index (χ2n) is 0.476. The van der Waals surface area contributed by atoms with Crippen molar-refractivity contribution < 1.29 is 29.4 Å². The minimum atomic E-state index is -3.12. The van der Waals surface area contributed by atoms with E-state index in [0.717, 1.165) is 0 Å². The van der Waals surface area contributed by atoms with Gasteiger partial charge in [0.15, 0.2) is 0 Å². The predicted octanol–water partition coefficient (Wildman–Crippen LogP) is -4.53. The maximum absolute atomic E-state index is 8.59. The van der Waals surface area contributed by atoms with E-state index in [1.807, 2.05) is 0 Å². The van der Waals surface area contributed by atoms with Gasteiger partial charge in [0.1, 0.15) is 0 Å². The van der Waals surface area contributed by atoms with E-state index in [1.54, 1.807) is 0 Å². The fourth-order valence-electron chi connectivity index (χ4n) is 0. The summed E-state index contributed by atoms with van der Waals surface area (Å²) >= 11 is 0. The molecule has 9 heteroatoms. The van der Waals surface area contributed by atoms with E-state index in [1.165, 1.54) is 0 Å². The van der Waals surface area contributed by atoms with Crippen LogP contribution in [0, 0.1) is 0 Å². The molecule has 0 aliphatic rings. The van der Waals surface area contributed by atoms with Gasteiger partial charge in [-0.05, 0) is 0 Å². The largest absolute Gasteiger partial charge is 4.00 e. The van der Waals surface area contributed by atoms with E-state index in [-0.39, 0.29) is 23.9 Å². The number of hydrogen-bond donors (Lipinski definition) is 2. The molecule has 0 heterocycles. The van der Waals surface area contributed by atoms with E-state index in [9.17, 15) is 0 Å². The van der Waals surface area contributed by atoms with E-state index in [2.05, 4.69) is 0 Å². The maximum Gasteiger partial charge on any atom is 4.00 e. The average molecular weight is 279 g/mol. The van der Waals surface area contributed by atoms with Gasteiger partial charge in [0, 0.05) is 0 Å². The Labute approximate surface area is 70.7 Å². The van der Waals surface area contributed by atoms with E-state index in [0.29, 0.717) is 0 Å². The normalized spacial score (nSPS) is 8.00. The molecule has 52 valence electrons. The third-order valence-electron chi connectivity index (χ3n) is 0. The fraction of sp³-hybridized carbons (Fsp3) is 0. The minimum absolute atomic E-state index is 0. The van der Waals surface area contributed by atoms with Crippen molar-refractivity contribution in [1.29, 1.82) is 0 Å². The van der Waals surface area contributed by atoms with Gasteiger partial charge in [-0.25, -0.2) is 0 Å². The molecule has 0 saturated carbocycles. The van der Waals surface area contributed by atoms with Crippen LogP contribution in [0.25, 0.3) is 0 Å². The van der Waals surface area contributed by atoms with Gasteiger partial charge >= 0.3 is 23.9 Å². The average Bonchev–Trinajstić information content (AvgIpc) is 1.25. The Morgan fingerprint density at radius 2 is 0.778 bits per heavy atom. The van der Waals surface area contributed by atoms with Gasteiger partial charge in [-0.1, -0.05) is 0 Å². The molecule has 0 aromatic carbocycles. The van der Waals surface area contributed by atoms with Crippen LogP contribution in [0.5, 0.6) is 0 Å². The zero-order valence-corrected chi connectivity index (χ0v) is 8.56. The van der Waals surface area contributed by atoms with Crippen LogP contribution in [0.3, 0.4) is 0 Å². The second-order valence-corrected chi connectivity index (χ2v) is 1.43. The van der Waals surface area contributed by atoms with Crippen LogP contribution in [0.15, 0.2) is 0 Å². The van der Waals surface area contributed by atoms with Gasteiger partial charge in [0.05, 0.1) is 0 Å². The van der Waals surface area contributed by atoms with Crippen molar-refractivity contribution in [1.82, 2.24) is 0 Å². The topological polar surface area (TPSA) is 133 Å². The standard InChI is InChI=1S/2HO3P.Sn/c2*1-4(2)3;/h2*1H;/q2*-2;+4. The molecular formula is H2O6P2Sn. The number of rotatable bonds is 0. The monoisotopic (exact) mass is 280 g/mol. The Hall–Kier alpha value is 1.42. The molecule has 0 aliphatic heterocycles. The van der Waals surface area contributed by atoms with Crippen molar-refractivity contribution >= 4 is 41.1 Å². The first kappa shape index (κ1) is 16.8. The van der Waals surface area contributed by atoms with Crippen molar-refractivity contribution in [2.45, 2.75) is 0 Å². The van der Waals surface area contributed by atoms with Crippen molar-refractivity contribution in [3.05, 3.63) is 0 Å². The third-order valence-corrected chi connectivity index (χ3v) is 0. The molecule has 2 N–H and O–H groups in total. The summed E-state index contributed by atoms with van der Waals surface area (Å²) in [5.41, 5.74) is 0. The van der Waals surface area contributed by atoms with Crippen molar-refractivity contribution in [2.24, 2.45) is 0 Å². The molecule has 0 aliphatic carbocycles. The fourth-order valence-corrected chi connectivity index (χ4v) is 0. The number of hydrogen-bond acceptors (Lipinski definition) is 6. The molecule has 9 heavy (non-hydrogen) atoms. The zero-order valence-electron chi connectivity index (χ0n) is 3.92. The van der Waals surface area contributed by atoms with Gasteiger partial charge < -0.3 is 29.4 Å². The van der Waals surface area contributed by atoms with Crippen molar-refractivity contribution in [3.63, 3.8) is 0 Å². The van der Waals surface area contributed by atoms with Crippen LogP contribution in [0.4, 0.5) is 0 Å². The van der Waals surface area contributed by atoms with Crippen LogP contribution >= 0.6 is 17.2 Å². The van der Waals surface area contributed by atoms with Gasteiger partial charge in [0.25, 0.3) is 0 Å². The summed E-state index contributed by atoms with van der Waals surface area (Å²) in [5, 5.41) is 0. The summed E-state index contributed by atoms with van der Waals surface area (Å²) in [7, 11) is -6.24. The summed E-state index contributed by atoms with van der Waals surface area (Å²) in [5.74, 6) is 0. The maximum atomic E-state index is 8.59. The Kier molecular flexibility index (Phi) is 22.6.